The number of nitrogens with one attached hydrogen (secondary N) is 1. The number of nitrogens with two attached hydrogens (primary N) is 1. The first kappa shape index (κ1) is 12.3. The molecule has 1 aromatic carbocycles. The zero-order valence-electron chi connectivity index (χ0n) is 8.76. The number of hydrogen-bond acceptors (Lipinski definition) is 3. The van der Waals surface area contributed by atoms with Gasteiger partial charge in [0.15, 0.2) is 0 Å². The Labute approximate surface area is 101 Å². The minimum atomic E-state index is 0. The monoisotopic (exact) mass is 235 g/mol. The Bertz CT molecular complexity index is 431. The van der Waals surface area contributed by atoms with Crippen LogP contribution in [0.1, 0.15) is 5.56 Å². The molecule has 0 saturated heterocycles. The standard InChI is InChI=1S/C12H13N3.ClH/c13-11-3-1-2-4-12(11)15-9-10-5-7-14-8-6-10;/h1-8,15H,9,13H2;1H. The largest absolute Gasteiger partial charge is 0.397 e. The van der Waals surface area contributed by atoms with Crippen LogP contribution in [0, 0.1) is 0 Å². The molecule has 0 amide bonds. The van der Waals surface area contributed by atoms with Crippen molar-refractivity contribution in [3.8, 4) is 0 Å². The van der Waals surface area contributed by atoms with Crippen molar-refractivity contribution in [1.82, 2.24) is 4.98 Å². The van der Waals surface area contributed by atoms with Crippen molar-refractivity contribution in [1.29, 1.82) is 0 Å². The summed E-state index contributed by atoms with van der Waals surface area (Å²) >= 11 is 0. The zero-order valence-corrected chi connectivity index (χ0v) is 9.58. The van der Waals surface area contributed by atoms with Gasteiger partial charge in [0.25, 0.3) is 0 Å². The van der Waals surface area contributed by atoms with Gasteiger partial charge < -0.3 is 11.1 Å². The predicted octanol–water partition coefficient (Wildman–Crippen LogP) is 2.70. The average molecular weight is 236 g/mol. The molecule has 2 rings (SSSR count). The Kier molecular flexibility index (Phi) is 4.61. The fraction of sp³-hybridized carbons (Fsp3) is 0.0833. The number of nitrogen functional groups attached to an aromatic ring is 1. The summed E-state index contributed by atoms with van der Waals surface area (Å²) in [5.41, 5.74) is 8.73. The SMILES string of the molecule is Cl.Nc1ccccc1NCc1ccncc1. The van der Waals surface area contributed by atoms with Crippen LogP contribution in [0.3, 0.4) is 0 Å². The van der Waals surface area contributed by atoms with Crippen molar-refractivity contribution >= 4 is 23.8 Å². The Morgan fingerprint density at radius 3 is 2.44 bits per heavy atom. The van der Waals surface area contributed by atoms with Gasteiger partial charge in [-0.3, -0.25) is 4.98 Å². The summed E-state index contributed by atoms with van der Waals surface area (Å²) in [5, 5.41) is 3.28. The summed E-state index contributed by atoms with van der Waals surface area (Å²) in [5.74, 6) is 0. The topological polar surface area (TPSA) is 50.9 Å². The quantitative estimate of drug-likeness (QED) is 0.805. The van der Waals surface area contributed by atoms with Gasteiger partial charge in [0.1, 0.15) is 0 Å². The first-order valence-electron chi connectivity index (χ1n) is 4.83. The molecule has 3 N–H and O–H groups in total. The maximum Gasteiger partial charge on any atom is 0.0576 e. The van der Waals surface area contributed by atoms with Crippen molar-refractivity contribution < 1.29 is 0 Å². The molecule has 1 heterocycles. The van der Waals surface area contributed by atoms with Gasteiger partial charge in [-0.15, -0.1) is 12.4 Å². The maximum atomic E-state index is 5.81. The summed E-state index contributed by atoms with van der Waals surface area (Å²) in [7, 11) is 0. The number of aromatic nitrogens is 1. The van der Waals surface area contributed by atoms with E-state index in [4.69, 9.17) is 5.73 Å². The lowest BCUT2D eigenvalue weighted by Gasteiger charge is -2.08. The highest BCUT2D eigenvalue weighted by molar-refractivity contribution is 5.85. The summed E-state index contributed by atoms with van der Waals surface area (Å²) in [4.78, 5) is 3.97. The van der Waals surface area contributed by atoms with Crippen LogP contribution in [-0.4, -0.2) is 4.98 Å². The van der Waals surface area contributed by atoms with Crippen molar-refractivity contribution in [2.75, 3.05) is 11.1 Å². The molecule has 0 radical (unpaired) electrons. The lowest BCUT2D eigenvalue weighted by molar-refractivity contribution is 1.13. The second-order valence-corrected chi connectivity index (χ2v) is 3.30. The lowest BCUT2D eigenvalue weighted by atomic mass is 10.2. The molecule has 0 saturated carbocycles. The third kappa shape index (κ3) is 3.14. The third-order valence-corrected chi connectivity index (χ3v) is 2.19. The molecule has 0 aliphatic rings. The van der Waals surface area contributed by atoms with Crippen LogP contribution in [-0.2, 0) is 6.54 Å². The number of halogens is 1. The van der Waals surface area contributed by atoms with Crippen molar-refractivity contribution in [3.05, 3.63) is 54.4 Å². The lowest BCUT2D eigenvalue weighted by Crippen LogP contribution is -2.01. The summed E-state index contributed by atoms with van der Waals surface area (Å²) in [6.07, 6.45) is 3.57. The van der Waals surface area contributed by atoms with E-state index < -0.39 is 0 Å². The van der Waals surface area contributed by atoms with Gasteiger partial charge in [-0.2, -0.15) is 0 Å². The normalized spacial score (nSPS) is 9.25. The van der Waals surface area contributed by atoms with Gasteiger partial charge in [-0.1, -0.05) is 12.1 Å². The van der Waals surface area contributed by atoms with E-state index >= 15 is 0 Å². The predicted molar refractivity (Wildman–Crippen MR) is 69.7 cm³/mol. The van der Waals surface area contributed by atoms with Crippen LogP contribution >= 0.6 is 12.4 Å². The molecule has 0 aliphatic heterocycles. The van der Waals surface area contributed by atoms with Gasteiger partial charge >= 0.3 is 0 Å². The number of benzene rings is 1. The second kappa shape index (κ2) is 5.98. The number of pyridine rings is 1. The van der Waals surface area contributed by atoms with E-state index in [9.17, 15) is 0 Å². The minimum Gasteiger partial charge on any atom is -0.397 e. The van der Waals surface area contributed by atoms with Crippen molar-refractivity contribution in [2.45, 2.75) is 6.54 Å². The van der Waals surface area contributed by atoms with Gasteiger partial charge in [0.2, 0.25) is 0 Å². The van der Waals surface area contributed by atoms with Gasteiger partial charge in [0.05, 0.1) is 11.4 Å². The molecule has 3 nitrogen and oxygen atoms in total. The van der Waals surface area contributed by atoms with Crippen LogP contribution in [0.2, 0.25) is 0 Å². The average Bonchev–Trinajstić information content (AvgIpc) is 2.29. The first-order valence-corrected chi connectivity index (χ1v) is 4.83. The number of hydrogen-bond donors (Lipinski definition) is 2. The summed E-state index contributed by atoms with van der Waals surface area (Å²) < 4.78 is 0. The van der Waals surface area contributed by atoms with E-state index in [1.54, 1.807) is 12.4 Å². The molecule has 0 spiro atoms. The van der Waals surface area contributed by atoms with E-state index in [1.807, 2.05) is 36.4 Å². The van der Waals surface area contributed by atoms with Crippen LogP contribution in [0.15, 0.2) is 48.8 Å². The molecule has 0 fully saturated rings. The molecule has 0 atom stereocenters. The molecule has 4 heteroatoms. The molecule has 16 heavy (non-hydrogen) atoms. The van der Waals surface area contributed by atoms with E-state index in [1.165, 1.54) is 5.56 Å². The van der Waals surface area contributed by atoms with E-state index in [2.05, 4.69) is 10.3 Å². The molecular weight excluding hydrogens is 222 g/mol. The summed E-state index contributed by atoms with van der Waals surface area (Å²) in [6, 6.07) is 11.7. The Morgan fingerprint density at radius 1 is 1.06 bits per heavy atom. The summed E-state index contributed by atoms with van der Waals surface area (Å²) in [6.45, 7) is 0.761. The molecule has 84 valence electrons. The number of nitrogens with zero attached hydrogens (tertiary/aromatic N) is 1. The first-order chi connectivity index (χ1) is 7.36. The number of para-hydroxylation sites is 2. The molecule has 0 aliphatic carbocycles. The van der Waals surface area contributed by atoms with Crippen LogP contribution in [0.25, 0.3) is 0 Å². The highest BCUT2D eigenvalue weighted by atomic mass is 35.5. The van der Waals surface area contributed by atoms with Crippen LogP contribution < -0.4 is 11.1 Å². The van der Waals surface area contributed by atoms with E-state index in [0.717, 1.165) is 17.9 Å². The molecule has 0 bridgehead atoms. The van der Waals surface area contributed by atoms with E-state index in [0.29, 0.717) is 0 Å². The smallest absolute Gasteiger partial charge is 0.0576 e. The van der Waals surface area contributed by atoms with Crippen LogP contribution in [0.4, 0.5) is 11.4 Å². The minimum absolute atomic E-state index is 0. The van der Waals surface area contributed by atoms with E-state index in [-0.39, 0.29) is 12.4 Å². The van der Waals surface area contributed by atoms with Crippen molar-refractivity contribution in [2.24, 2.45) is 0 Å². The van der Waals surface area contributed by atoms with Gasteiger partial charge in [0, 0.05) is 18.9 Å². The Balaban J connectivity index is 0.00000128. The second-order valence-electron chi connectivity index (χ2n) is 3.30. The Morgan fingerprint density at radius 2 is 1.75 bits per heavy atom. The highest BCUT2D eigenvalue weighted by Gasteiger charge is 1.96. The zero-order chi connectivity index (χ0) is 10.5. The maximum absolute atomic E-state index is 5.81. The highest BCUT2D eigenvalue weighted by Crippen LogP contribution is 2.17. The third-order valence-electron chi connectivity index (χ3n) is 2.19. The fourth-order valence-corrected chi connectivity index (χ4v) is 1.36. The molecule has 2 aromatic rings. The van der Waals surface area contributed by atoms with Crippen LogP contribution in [0.5, 0.6) is 0 Å². The molecular formula is C12H14ClN3. The number of rotatable bonds is 3. The van der Waals surface area contributed by atoms with Crippen molar-refractivity contribution in [3.63, 3.8) is 0 Å². The Hall–Kier alpha value is -1.74. The fourth-order valence-electron chi connectivity index (χ4n) is 1.36. The molecule has 1 aromatic heterocycles. The van der Waals surface area contributed by atoms with Gasteiger partial charge in [-0.05, 0) is 29.8 Å². The van der Waals surface area contributed by atoms with Gasteiger partial charge in [-0.25, -0.2) is 0 Å². The number of anilines is 2. The molecule has 0 unspecified atom stereocenters.